The number of carbonyl (C=O) groups excluding carboxylic acids is 3. The Bertz CT molecular complexity index is 1430. The second kappa shape index (κ2) is 12.4. The first-order valence-electron chi connectivity index (χ1n) is 12.3. The van der Waals surface area contributed by atoms with Crippen LogP contribution in [0.25, 0.3) is 0 Å². The molecule has 0 saturated carbocycles. The Morgan fingerprint density at radius 1 is 1.23 bits per heavy atom. The molecule has 39 heavy (non-hydrogen) atoms. The lowest BCUT2D eigenvalue weighted by Gasteiger charge is -2.12. The van der Waals surface area contributed by atoms with E-state index in [0.29, 0.717) is 27.1 Å². The average molecular weight is 573 g/mol. The molecule has 0 unspecified atom stereocenters. The number of anilines is 1. The van der Waals surface area contributed by atoms with Crippen molar-refractivity contribution in [2.45, 2.75) is 51.2 Å². The van der Waals surface area contributed by atoms with Gasteiger partial charge in [-0.15, -0.1) is 21.5 Å². The number of hydrogen-bond donors (Lipinski definition) is 2. The number of amides is 2. The minimum absolute atomic E-state index is 0.0379. The molecule has 2 amide bonds. The zero-order chi connectivity index (χ0) is 28.1. The molecular weight excluding hydrogens is 544 g/mol. The lowest BCUT2D eigenvalue weighted by atomic mass is 9.95. The predicted molar refractivity (Wildman–Crippen MR) is 146 cm³/mol. The van der Waals surface area contributed by atoms with Crippen molar-refractivity contribution < 1.29 is 24.0 Å². The van der Waals surface area contributed by atoms with Crippen LogP contribution in [0.3, 0.4) is 0 Å². The number of rotatable bonds is 10. The first-order chi connectivity index (χ1) is 18.7. The van der Waals surface area contributed by atoms with Gasteiger partial charge in [0.1, 0.15) is 5.00 Å². The summed E-state index contributed by atoms with van der Waals surface area (Å²) >= 11 is 2.60. The maximum atomic E-state index is 12.8. The number of thioether (sulfide) groups is 1. The number of esters is 1. The highest BCUT2D eigenvalue weighted by Crippen LogP contribution is 2.38. The second-order valence-corrected chi connectivity index (χ2v) is 10.9. The predicted octanol–water partition coefficient (Wildman–Crippen LogP) is 3.81. The summed E-state index contributed by atoms with van der Waals surface area (Å²) in [5.41, 5.74) is 1.94. The number of hydrogen-bond acceptors (Lipinski definition) is 10. The van der Waals surface area contributed by atoms with Crippen molar-refractivity contribution in [2.24, 2.45) is 7.05 Å². The molecular formula is C25H28N6O6S2. The van der Waals surface area contributed by atoms with Crippen molar-refractivity contribution >= 4 is 51.6 Å². The summed E-state index contributed by atoms with van der Waals surface area (Å²) in [6.45, 7) is 3.65. The Labute approximate surface area is 232 Å². The van der Waals surface area contributed by atoms with Gasteiger partial charge in [0.2, 0.25) is 5.91 Å². The van der Waals surface area contributed by atoms with Crippen LogP contribution < -0.4 is 10.6 Å². The Hall–Kier alpha value is -3.78. The fraction of sp³-hybridized carbons (Fsp3) is 0.400. The minimum atomic E-state index is -0.529. The van der Waals surface area contributed by atoms with Crippen LogP contribution in [-0.4, -0.2) is 49.8 Å². The molecule has 3 aromatic rings. The minimum Gasteiger partial charge on any atom is -0.462 e. The van der Waals surface area contributed by atoms with Gasteiger partial charge in [-0.2, -0.15) is 0 Å². The van der Waals surface area contributed by atoms with E-state index in [0.717, 1.165) is 36.1 Å². The Balaban J connectivity index is 1.36. The van der Waals surface area contributed by atoms with Crippen LogP contribution in [0.1, 0.15) is 62.3 Å². The van der Waals surface area contributed by atoms with E-state index < -0.39 is 16.8 Å². The number of thiophene rings is 1. The zero-order valence-corrected chi connectivity index (χ0v) is 23.4. The number of nitrogens with zero attached hydrogens (tertiary/aromatic N) is 4. The molecule has 2 N–H and O–H groups in total. The number of carbonyl (C=O) groups is 3. The largest absolute Gasteiger partial charge is 0.462 e. The van der Waals surface area contributed by atoms with Gasteiger partial charge in [-0.1, -0.05) is 17.8 Å². The lowest BCUT2D eigenvalue weighted by Crippen LogP contribution is -2.24. The molecule has 0 atom stereocenters. The van der Waals surface area contributed by atoms with Crippen molar-refractivity contribution in [3.05, 3.63) is 61.3 Å². The summed E-state index contributed by atoms with van der Waals surface area (Å²) in [4.78, 5) is 49.7. The number of ether oxygens (including phenoxy) is 1. The second-order valence-electron chi connectivity index (χ2n) is 8.87. The van der Waals surface area contributed by atoms with E-state index >= 15 is 0 Å². The number of nitro benzene ring substituents is 1. The van der Waals surface area contributed by atoms with Gasteiger partial charge < -0.3 is 19.9 Å². The Morgan fingerprint density at radius 2 is 2.00 bits per heavy atom. The summed E-state index contributed by atoms with van der Waals surface area (Å²) in [6.07, 6.45) is 3.73. The molecule has 14 heteroatoms. The van der Waals surface area contributed by atoms with E-state index in [1.807, 2.05) is 0 Å². The van der Waals surface area contributed by atoms with Gasteiger partial charge in [-0.25, -0.2) is 4.79 Å². The van der Waals surface area contributed by atoms with Crippen molar-refractivity contribution in [3.63, 3.8) is 0 Å². The normalized spacial score (nSPS) is 12.5. The first-order valence-corrected chi connectivity index (χ1v) is 14.2. The molecule has 2 aromatic heterocycles. The number of nitro groups is 1. The monoisotopic (exact) mass is 572 g/mol. The summed E-state index contributed by atoms with van der Waals surface area (Å²) in [6, 6.07) is 4.28. The number of fused-ring (bicyclic) bond motifs is 1. The van der Waals surface area contributed by atoms with E-state index in [1.54, 1.807) is 25.5 Å². The van der Waals surface area contributed by atoms with Crippen molar-refractivity contribution in [1.29, 1.82) is 0 Å². The highest BCUT2D eigenvalue weighted by atomic mass is 32.2. The van der Waals surface area contributed by atoms with Gasteiger partial charge in [0.05, 0.1) is 29.4 Å². The topological polar surface area (TPSA) is 158 Å². The third-order valence-corrected chi connectivity index (χ3v) is 8.46. The van der Waals surface area contributed by atoms with Crippen LogP contribution in [0.4, 0.5) is 10.7 Å². The third-order valence-electron chi connectivity index (χ3n) is 6.24. The molecule has 1 aliphatic rings. The standard InChI is InChI=1S/C25H28N6O6S2/c1-4-37-24(34)21-16-7-5-6-8-18(16)39-23(21)27-20(32)13-38-25-29-28-19(30(25)3)12-26-22(33)15-10-9-14(2)17(11-15)31(35)36/h9-11H,4-8,12-13H2,1-3H3,(H,26,33)(H,27,32). The van der Waals surface area contributed by atoms with Crippen molar-refractivity contribution in [3.8, 4) is 0 Å². The molecule has 0 fully saturated rings. The van der Waals surface area contributed by atoms with Crippen LogP contribution in [-0.2, 0) is 36.0 Å². The molecule has 4 rings (SSSR count). The Morgan fingerprint density at radius 3 is 2.74 bits per heavy atom. The zero-order valence-electron chi connectivity index (χ0n) is 21.7. The van der Waals surface area contributed by atoms with Gasteiger partial charge in [-0.3, -0.25) is 19.7 Å². The molecule has 0 spiro atoms. The number of nitrogens with one attached hydrogen (secondary N) is 2. The summed E-state index contributed by atoms with van der Waals surface area (Å²) in [5.74, 6) is -0.701. The average Bonchev–Trinajstić information content (AvgIpc) is 3.45. The fourth-order valence-electron chi connectivity index (χ4n) is 4.20. The smallest absolute Gasteiger partial charge is 0.341 e. The van der Waals surface area contributed by atoms with E-state index in [1.165, 1.54) is 41.3 Å². The van der Waals surface area contributed by atoms with Gasteiger partial charge >= 0.3 is 5.97 Å². The van der Waals surface area contributed by atoms with Crippen LogP contribution in [0.15, 0.2) is 23.4 Å². The molecule has 2 heterocycles. The van der Waals surface area contributed by atoms with Crippen LogP contribution in [0, 0.1) is 17.0 Å². The molecule has 1 aliphatic carbocycles. The van der Waals surface area contributed by atoms with Gasteiger partial charge in [0, 0.05) is 29.1 Å². The van der Waals surface area contributed by atoms with Gasteiger partial charge in [0.25, 0.3) is 11.6 Å². The Kier molecular flexibility index (Phi) is 8.97. The van der Waals surface area contributed by atoms with E-state index in [2.05, 4.69) is 20.8 Å². The molecule has 12 nitrogen and oxygen atoms in total. The number of aromatic nitrogens is 3. The molecule has 0 bridgehead atoms. The van der Waals surface area contributed by atoms with Crippen LogP contribution >= 0.6 is 23.1 Å². The van der Waals surface area contributed by atoms with E-state index in [9.17, 15) is 24.5 Å². The molecule has 1 aromatic carbocycles. The quantitative estimate of drug-likeness (QED) is 0.159. The molecule has 0 saturated heterocycles. The third kappa shape index (κ3) is 6.45. The van der Waals surface area contributed by atoms with Crippen LogP contribution in [0.5, 0.6) is 0 Å². The van der Waals surface area contributed by atoms with Crippen LogP contribution in [0.2, 0.25) is 0 Å². The molecule has 0 radical (unpaired) electrons. The molecule has 0 aliphatic heterocycles. The van der Waals surface area contributed by atoms with Gasteiger partial charge in [0.15, 0.2) is 11.0 Å². The summed E-state index contributed by atoms with van der Waals surface area (Å²) in [5, 5.41) is 25.9. The van der Waals surface area contributed by atoms with E-state index in [-0.39, 0.29) is 36.1 Å². The van der Waals surface area contributed by atoms with Gasteiger partial charge in [-0.05, 0) is 51.2 Å². The summed E-state index contributed by atoms with van der Waals surface area (Å²) < 4.78 is 6.90. The highest BCUT2D eigenvalue weighted by molar-refractivity contribution is 7.99. The lowest BCUT2D eigenvalue weighted by molar-refractivity contribution is -0.385. The number of benzene rings is 1. The summed E-state index contributed by atoms with van der Waals surface area (Å²) in [7, 11) is 1.71. The number of aryl methyl sites for hydroxylation is 2. The van der Waals surface area contributed by atoms with Crippen molar-refractivity contribution in [2.75, 3.05) is 17.7 Å². The molecule has 206 valence electrons. The van der Waals surface area contributed by atoms with Crippen molar-refractivity contribution in [1.82, 2.24) is 20.1 Å². The fourth-order valence-corrected chi connectivity index (χ4v) is 6.22. The highest BCUT2D eigenvalue weighted by Gasteiger charge is 2.27. The van der Waals surface area contributed by atoms with E-state index in [4.69, 9.17) is 4.74 Å². The maximum Gasteiger partial charge on any atom is 0.341 e. The SMILES string of the molecule is CCOC(=O)c1c(NC(=O)CSc2nnc(CNC(=O)c3ccc(C)c([N+](=O)[O-])c3)n2C)sc2c1CCCC2. The first kappa shape index (κ1) is 28.2. The maximum absolute atomic E-state index is 12.8.